The van der Waals surface area contributed by atoms with Gasteiger partial charge in [-0.3, -0.25) is 0 Å². The first-order valence-electron chi connectivity index (χ1n) is 17.8. The maximum Gasteiger partial charge on any atom is 0.188 e. The van der Waals surface area contributed by atoms with Crippen molar-refractivity contribution >= 4 is 72.6 Å². The van der Waals surface area contributed by atoms with E-state index in [0.717, 1.165) is 50.3 Å². The average Bonchev–Trinajstić information content (AvgIpc) is 3.76. The fourth-order valence-electron chi connectivity index (χ4n) is 8.67. The van der Waals surface area contributed by atoms with Gasteiger partial charge in [-0.2, -0.15) is 0 Å². The van der Waals surface area contributed by atoms with Crippen LogP contribution in [0.15, 0.2) is 192 Å². The third kappa shape index (κ3) is 4.13. The molecule has 0 fully saturated rings. The lowest BCUT2D eigenvalue weighted by atomic mass is 10.0. The molecule has 0 bridgehead atoms. The Morgan fingerprint density at radius 3 is 1.60 bits per heavy atom. The predicted molar refractivity (Wildman–Crippen MR) is 217 cm³/mol. The summed E-state index contributed by atoms with van der Waals surface area (Å²) in [5.74, 6) is 1.82. The van der Waals surface area contributed by atoms with Gasteiger partial charge in [-0.15, -0.1) is 0 Å². The van der Waals surface area contributed by atoms with Gasteiger partial charge < -0.3 is 13.7 Å². The quantitative estimate of drug-likeness (QED) is 0.173. The van der Waals surface area contributed by atoms with Gasteiger partial charge in [0.15, 0.2) is 8.07 Å². The van der Waals surface area contributed by atoms with Gasteiger partial charge in [-0.25, -0.2) is 0 Å². The molecule has 52 heavy (non-hydrogen) atoms. The van der Waals surface area contributed by atoms with Gasteiger partial charge in [-0.05, 0) is 86.5 Å². The van der Waals surface area contributed by atoms with Gasteiger partial charge in [-0.1, -0.05) is 133 Å². The molecule has 0 N–H and O–H groups in total. The molecule has 0 saturated heterocycles. The average molecular weight is 682 g/mol. The molecule has 0 unspecified atom stereocenters. The fourth-order valence-corrected chi connectivity index (χ4v) is 13.7. The fraction of sp³-hybridized carbons (Fsp3) is 0. The summed E-state index contributed by atoms with van der Waals surface area (Å²) in [5.41, 5.74) is 7.61. The minimum absolute atomic E-state index is 0.898. The highest BCUT2D eigenvalue weighted by atomic mass is 28.3. The van der Waals surface area contributed by atoms with E-state index < -0.39 is 8.07 Å². The van der Waals surface area contributed by atoms with E-state index in [-0.39, 0.29) is 0 Å². The van der Waals surface area contributed by atoms with Crippen LogP contribution < -0.4 is 25.5 Å². The van der Waals surface area contributed by atoms with Gasteiger partial charge in [0.1, 0.15) is 22.7 Å². The molecule has 0 atom stereocenters. The maximum absolute atomic E-state index is 6.94. The Kier molecular flexibility index (Phi) is 6.27. The summed E-state index contributed by atoms with van der Waals surface area (Å²) in [6.07, 6.45) is 0. The summed E-state index contributed by atoms with van der Waals surface area (Å²) in [4.78, 5) is 0. The van der Waals surface area contributed by atoms with Gasteiger partial charge in [0, 0.05) is 27.2 Å². The van der Waals surface area contributed by atoms with Gasteiger partial charge in [0.25, 0.3) is 0 Å². The van der Waals surface area contributed by atoms with Crippen molar-refractivity contribution in [3.63, 3.8) is 0 Å². The van der Waals surface area contributed by atoms with Crippen molar-refractivity contribution in [2.45, 2.75) is 0 Å². The second-order valence-electron chi connectivity index (χ2n) is 13.7. The summed E-state index contributed by atoms with van der Waals surface area (Å²) in [6, 6.07) is 68.1. The Hall–Kier alpha value is -6.62. The van der Waals surface area contributed by atoms with Crippen molar-refractivity contribution in [2.75, 3.05) is 0 Å². The standard InChI is InChI=1S/C48H31NO2Si/c1-3-13-35(14-4-1)52(36-15-5-2-6-16-36)47-30-33(32-23-26-44-40(29-32)39-19-9-12-22-43(39)50-44)24-27-45(47)51-46-28-25-34(31-48(46)52)49-41-20-10-7-17-37(41)38-18-8-11-21-42(38)49/h1-31H. The van der Waals surface area contributed by atoms with E-state index in [2.05, 4.69) is 180 Å². The van der Waals surface area contributed by atoms with Crippen LogP contribution in [0.2, 0.25) is 0 Å². The molecule has 10 aromatic rings. The molecular weight excluding hydrogens is 651 g/mol. The lowest BCUT2D eigenvalue weighted by Crippen LogP contribution is -2.76. The van der Waals surface area contributed by atoms with E-state index in [4.69, 9.17) is 9.15 Å². The number of benzene rings is 8. The first-order chi connectivity index (χ1) is 25.8. The molecule has 0 radical (unpaired) electrons. The molecule has 244 valence electrons. The van der Waals surface area contributed by atoms with Gasteiger partial charge >= 0.3 is 0 Å². The van der Waals surface area contributed by atoms with Crippen LogP contribution in [-0.4, -0.2) is 12.6 Å². The van der Waals surface area contributed by atoms with Crippen molar-refractivity contribution in [1.29, 1.82) is 0 Å². The van der Waals surface area contributed by atoms with Crippen molar-refractivity contribution in [1.82, 2.24) is 4.57 Å². The predicted octanol–water partition coefficient (Wildman–Crippen LogP) is 9.83. The van der Waals surface area contributed by atoms with Crippen LogP contribution in [0.25, 0.3) is 60.6 Å². The summed E-state index contributed by atoms with van der Waals surface area (Å²) < 4.78 is 15.6. The van der Waals surface area contributed by atoms with Crippen LogP contribution in [0.4, 0.5) is 0 Å². The zero-order chi connectivity index (χ0) is 34.2. The number of nitrogens with zero attached hydrogens (tertiary/aromatic N) is 1. The second-order valence-corrected chi connectivity index (χ2v) is 17.4. The van der Waals surface area contributed by atoms with Crippen LogP contribution in [0.5, 0.6) is 11.5 Å². The Morgan fingerprint density at radius 2 is 0.904 bits per heavy atom. The third-order valence-electron chi connectivity index (χ3n) is 10.9. The molecule has 3 heterocycles. The number of furan rings is 1. The van der Waals surface area contributed by atoms with Crippen LogP contribution in [-0.2, 0) is 0 Å². The smallest absolute Gasteiger partial charge is 0.188 e. The maximum atomic E-state index is 6.94. The molecule has 1 aliphatic heterocycles. The van der Waals surface area contributed by atoms with Crippen LogP contribution >= 0.6 is 0 Å². The number of aromatic nitrogens is 1. The van der Waals surface area contributed by atoms with E-state index in [1.807, 2.05) is 12.1 Å². The van der Waals surface area contributed by atoms with Crippen molar-refractivity contribution in [3.8, 4) is 28.3 Å². The Balaban J connectivity index is 1.21. The molecule has 0 aliphatic carbocycles. The molecule has 0 saturated carbocycles. The highest BCUT2D eigenvalue weighted by molar-refractivity contribution is 7.20. The number of hydrogen-bond donors (Lipinski definition) is 0. The summed E-state index contributed by atoms with van der Waals surface area (Å²) in [6.45, 7) is 0. The molecule has 8 aromatic carbocycles. The summed E-state index contributed by atoms with van der Waals surface area (Å²) in [5, 5.41) is 9.87. The minimum atomic E-state index is -2.96. The lowest BCUT2D eigenvalue weighted by molar-refractivity contribution is 0.487. The van der Waals surface area contributed by atoms with E-state index in [1.165, 1.54) is 42.6 Å². The topological polar surface area (TPSA) is 27.3 Å². The Bertz CT molecular complexity index is 2900. The SMILES string of the molecule is c1ccc([Si]2(c3ccccc3)c3cc(-c4ccc5oc6ccccc6c5c4)ccc3Oc3ccc(-n4c5ccccc5c5ccccc54)cc32)cc1. The Morgan fingerprint density at radius 1 is 0.385 bits per heavy atom. The molecule has 4 heteroatoms. The number of rotatable bonds is 4. The molecular formula is C48H31NO2Si. The van der Waals surface area contributed by atoms with Crippen molar-refractivity contribution in [2.24, 2.45) is 0 Å². The zero-order valence-electron chi connectivity index (χ0n) is 28.2. The van der Waals surface area contributed by atoms with Crippen LogP contribution in [0.1, 0.15) is 0 Å². The minimum Gasteiger partial charge on any atom is -0.458 e. The number of para-hydroxylation sites is 3. The van der Waals surface area contributed by atoms with E-state index in [0.29, 0.717) is 0 Å². The van der Waals surface area contributed by atoms with Crippen molar-refractivity contribution in [3.05, 3.63) is 188 Å². The van der Waals surface area contributed by atoms with Gasteiger partial charge in [0.05, 0.1) is 11.0 Å². The highest BCUT2D eigenvalue weighted by Crippen LogP contribution is 2.37. The number of fused-ring (bicyclic) bond motifs is 8. The van der Waals surface area contributed by atoms with Crippen molar-refractivity contribution < 1.29 is 9.15 Å². The zero-order valence-corrected chi connectivity index (χ0v) is 29.2. The van der Waals surface area contributed by atoms with E-state index in [1.54, 1.807) is 0 Å². The molecule has 2 aromatic heterocycles. The third-order valence-corrected chi connectivity index (χ3v) is 15.7. The molecule has 1 aliphatic rings. The highest BCUT2D eigenvalue weighted by Gasteiger charge is 2.48. The number of hydrogen-bond acceptors (Lipinski definition) is 2. The van der Waals surface area contributed by atoms with Gasteiger partial charge in [0.2, 0.25) is 0 Å². The first kappa shape index (κ1) is 29.1. The van der Waals surface area contributed by atoms with E-state index >= 15 is 0 Å². The normalized spacial score (nSPS) is 13.3. The first-order valence-corrected chi connectivity index (χ1v) is 19.8. The molecule has 0 amide bonds. The summed E-state index contributed by atoms with van der Waals surface area (Å²) >= 11 is 0. The molecule has 0 spiro atoms. The largest absolute Gasteiger partial charge is 0.458 e. The van der Waals surface area contributed by atoms with Crippen LogP contribution in [0.3, 0.4) is 0 Å². The molecule has 11 rings (SSSR count). The number of ether oxygens (including phenoxy) is 1. The second kappa shape index (κ2) is 11.2. The lowest BCUT2D eigenvalue weighted by Gasteiger charge is -2.40. The summed E-state index contributed by atoms with van der Waals surface area (Å²) in [7, 11) is -2.96. The van der Waals surface area contributed by atoms with Crippen LogP contribution in [0, 0.1) is 0 Å². The van der Waals surface area contributed by atoms with E-state index in [9.17, 15) is 0 Å². The Labute approximate surface area is 301 Å². The monoisotopic (exact) mass is 681 g/mol. The molecule has 3 nitrogen and oxygen atoms in total.